The van der Waals surface area contributed by atoms with Gasteiger partial charge in [0.1, 0.15) is 0 Å². The lowest BCUT2D eigenvalue weighted by molar-refractivity contribution is -0.113. The summed E-state index contributed by atoms with van der Waals surface area (Å²) in [6.45, 7) is 4.04. The maximum absolute atomic E-state index is 13.0. The van der Waals surface area contributed by atoms with E-state index in [1.54, 1.807) is 43.3 Å². The van der Waals surface area contributed by atoms with Crippen LogP contribution in [-0.2, 0) is 4.79 Å². The molecule has 4 N–H and O–H groups in total. The third-order valence-corrected chi connectivity index (χ3v) is 4.70. The molecule has 0 radical (unpaired) electrons. The molecule has 0 saturated carbocycles. The van der Waals surface area contributed by atoms with Crippen molar-refractivity contribution in [3.63, 3.8) is 0 Å². The van der Waals surface area contributed by atoms with Gasteiger partial charge in [0.25, 0.3) is 5.91 Å². The number of nitrogens with one attached hydrogen (secondary N) is 3. The van der Waals surface area contributed by atoms with E-state index in [0.717, 1.165) is 5.56 Å². The maximum Gasteiger partial charge on any atom is 0.255 e. The molecule has 1 unspecified atom stereocenters. The first kappa shape index (κ1) is 20.0. The quantitative estimate of drug-likeness (QED) is 0.553. The van der Waals surface area contributed by atoms with Gasteiger partial charge in [0.05, 0.1) is 18.2 Å². The summed E-state index contributed by atoms with van der Waals surface area (Å²) in [6, 6.07) is 11.3. The Morgan fingerprint density at radius 2 is 2.00 bits per heavy atom. The van der Waals surface area contributed by atoms with E-state index in [9.17, 15) is 9.90 Å². The Bertz CT molecular complexity index is 944. The molecule has 8 heteroatoms. The second-order valence-corrected chi connectivity index (χ2v) is 7.04. The highest BCUT2D eigenvalue weighted by atomic mass is 35.5. The number of halogens is 1. The van der Waals surface area contributed by atoms with Gasteiger partial charge in [-0.3, -0.25) is 4.79 Å². The lowest BCUT2D eigenvalue weighted by Crippen LogP contribution is -2.45. The normalized spacial score (nSPS) is 16.2. The molecule has 0 fully saturated rings. The van der Waals surface area contributed by atoms with Crippen LogP contribution in [0.25, 0.3) is 0 Å². The largest absolute Gasteiger partial charge is 0.504 e. The molecule has 1 aliphatic rings. The number of thiocarbonyl (C=S) groups is 1. The van der Waals surface area contributed by atoms with Crippen molar-refractivity contribution < 1.29 is 14.6 Å². The smallest absolute Gasteiger partial charge is 0.255 e. The van der Waals surface area contributed by atoms with Gasteiger partial charge >= 0.3 is 0 Å². The summed E-state index contributed by atoms with van der Waals surface area (Å²) in [5.74, 6) is 0.106. The van der Waals surface area contributed by atoms with Crippen LogP contribution in [0.4, 0.5) is 5.69 Å². The number of phenols is 1. The highest BCUT2D eigenvalue weighted by molar-refractivity contribution is 7.80. The fourth-order valence-electron chi connectivity index (χ4n) is 2.96. The highest BCUT2D eigenvalue weighted by Crippen LogP contribution is 2.34. The van der Waals surface area contributed by atoms with E-state index < -0.39 is 6.04 Å². The number of amides is 1. The van der Waals surface area contributed by atoms with Gasteiger partial charge in [0.2, 0.25) is 0 Å². The zero-order valence-electron chi connectivity index (χ0n) is 15.4. The Labute approximate surface area is 173 Å². The zero-order valence-corrected chi connectivity index (χ0v) is 16.9. The number of rotatable bonds is 5. The van der Waals surface area contributed by atoms with Gasteiger partial charge in [-0.1, -0.05) is 17.7 Å². The molecule has 1 amide bonds. The summed E-state index contributed by atoms with van der Waals surface area (Å²) in [6.07, 6.45) is 0. The van der Waals surface area contributed by atoms with Gasteiger partial charge in [-0.15, -0.1) is 0 Å². The van der Waals surface area contributed by atoms with Crippen molar-refractivity contribution in [3.05, 3.63) is 64.3 Å². The van der Waals surface area contributed by atoms with E-state index in [2.05, 4.69) is 16.0 Å². The third kappa shape index (κ3) is 4.37. The Kier molecular flexibility index (Phi) is 6.06. The summed E-state index contributed by atoms with van der Waals surface area (Å²) in [5.41, 5.74) is 2.50. The van der Waals surface area contributed by atoms with Crippen LogP contribution in [0.5, 0.6) is 11.5 Å². The van der Waals surface area contributed by atoms with Crippen LogP contribution in [0.3, 0.4) is 0 Å². The number of anilines is 1. The molecule has 0 aliphatic carbocycles. The number of aromatic hydroxyl groups is 1. The average Bonchev–Trinajstić information content (AvgIpc) is 2.65. The predicted molar refractivity (Wildman–Crippen MR) is 114 cm³/mol. The molecule has 0 spiro atoms. The molecule has 0 saturated heterocycles. The van der Waals surface area contributed by atoms with Crippen molar-refractivity contribution in [2.45, 2.75) is 19.9 Å². The second-order valence-electron chi connectivity index (χ2n) is 6.19. The van der Waals surface area contributed by atoms with Gasteiger partial charge in [0, 0.05) is 16.4 Å². The van der Waals surface area contributed by atoms with Gasteiger partial charge in [-0.2, -0.15) is 0 Å². The number of phenolic OH excluding ortho intramolecular Hbond substituents is 1. The number of ether oxygens (including phenoxy) is 1. The lowest BCUT2D eigenvalue weighted by Gasteiger charge is -2.30. The molecule has 1 aliphatic heterocycles. The molecule has 146 valence electrons. The molecule has 3 rings (SSSR count). The van der Waals surface area contributed by atoms with Gasteiger partial charge in [-0.25, -0.2) is 0 Å². The second kappa shape index (κ2) is 8.50. The molecule has 2 aromatic rings. The fourth-order valence-corrected chi connectivity index (χ4v) is 3.35. The van der Waals surface area contributed by atoms with E-state index >= 15 is 0 Å². The predicted octanol–water partition coefficient (Wildman–Crippen LogP) is 3.88. The van der Waals surface area contributed by atoms with Crippen LogP contribution in [0.15, 0.2) is 53.7 Å². The number of hydrogen-bond acceptors (Lipinski definition) is 4. The topological polar surface area (TPSA) is 82.6 Å². The first-order valence-electron chi connectivity index (χ1n) is 8.70. The van der Waals surface area contributed by atoms with Crippen molar-refractivity contribution in [2.24, 2.45) is 0 Å². The molecular formula is C20H20ClN3O3S. The van der Waals surface area contributed by atoms with Crippen molar-refractivity contribution >= 4 is 40.5 Å². The summed E-state index contributed by atoms with van der Waals surface area (Å²) < 4.78 is 5.47. The first-order chi connectivity index (χ1) is 13.4. The molecule has 0 bridgehead atoms. The minimum Gasteiger partial charge on any atom is -0.504 e. The number of hydrogen-bond donors (Lipinski definition) is 4. The first-order valence-corrected chi connectivity index (χ1v) is 9.48. The number of carbonyl (C=O) groups is 1. The lowest BCUT2D eigenvalue weighted by atomic mass is 9.94. The van der Waals surface area contributed by atoms with Crippen molar-refractivity contribution in [2.75, 3.05) is 11.9 Å². The molecular weight excluding hydrogens is 398 g/mol. The standard InChI is InChI=1S/C20H20ClN3O3S/c1-3-27-16-10-12(4-9-15(16)25)18-17(11(2)22-20(28)24-18)19(26)23-14-7-5-13(21)6-8-14/h4-10,18,25H,3H2,1-2H3,(H,23,26)(H2,22,24,28). The molecule has 1 heterocycles. The summed E-state index contributed by atoms with van der Waals surface area (Å²) in [4.78, 5) is 13.0. The van der Waals surface area contributed by atoms with E-state index in [1.807, 2.05) is 6.92 Å². The van der Waals surface area contributed by atoms with Crippen LogP contribution in [0.2, 0.25) is 5.02 Å². The minimum atomic E-state index is -0.499. The summed E-state index contributed by atoms with van der Waals surface area (Å²) >= 11 is 11.2. The summed E-state index contributed by atoms with van der Waals surface area (Å²) in [7, 11) is 0. The van der Waals surface area contributed by atoms with Gasteiger partial charge in [0.15, 0.2) is 16.6 Å². The Hall–Kier alpha value is -2.77. The van der Waals surface area contributed by atoms with Crippen molar-refractivity contribution in [3.8, 4) is 11.5 Å². The SMILES string of the molecule is CCOc1cc(C2NC(=S)NC(C)=C2C(=O)Nc2ccc(Cl)cc2)ccc1O. The molecule has 6 nitrogen and oxygen atoms in total. The summed E-state index contributed by atoms with van der Waals surface area (Å²) in [5, 5.41) is 20.0. The molecule has 28 heavy (non-hydrogen) atoms. The maximum atomic E-state index is 13.0. The van der Waals surface area contributed by atoms with Crippen LogP contribution < -0.4 is 20.7 Å². The average molecular weight is 418 g/mol. The number of carbonyl (C=O) groups excluding carboxylic acids is 1. The molecule has 1 atom stereocenters. The van der Waals surface area contributed by atoms with E-state index in [0.29, 0.717) is 39.4 Å². The monoisotopic (exact) mass is 417 g/mol. The van der Waals surface area contributed by atoms with Gasteiger partial charge in [-0.05, 0) is 68.0 Å². The Balaban J connectivity index is 1.95. The molecule has 2 aromatic carbocycles. The van der Waals surface area contributed by atoms with Crippen molar-refractivity contribution in [1.29, 1.82) is 0 Å². The Morgan fingerprint density at radius 3 is 2.68 bits per heavy atom. The van der Waals surface area contributed by atoms with Crippen LogP contribution in [0, 0.1) is 0 Å². The highest BCUT2D eigenvalue weighted by Gasteiger charge is 2.30. The fraction of sp³-hybridized carbons (Fsp3) is 0.200. The van der Waals surface area contributed by atoms with Crippen LogP contribution >= 0.6 is 23.8 Å². The molecule has 0 aromatic heterocycles. The van der Waals surface area contributed by atoms with Crippen LogP contribution in [0.1, 0.15) is 25.5 Å². The zero-order chi connectivity index (χ0) is 20.3. The Morgan fingerprint density at radius 1 is 1.29 bits per heavy atom. The van der Waals surface area contributed by atoms with Crippen LogP contribution in [-0.4, -0.2) is 22.7 Å². The van der Waals surface area contributed by atoms with E-state index in [4.69, 9.17) is 28.6 Å². The van der Waals surface area contributed by atoms with Gasteiger partial charge < -0.3 is 25.8 Å². The van der Waals surface area contributed by atoms with E-state index in [-0.39, 0.29) is 11.7 Å². The minimum absolute atomic E-state index is 0.0370. The third-order valence-electron chi connectivity index (χ3n) is 4.23. The van der Waals surface area contributed by atoms with E-state index in [1.165, 1.54) is 6.07 Å². The number of benzene rings is 2. The number of allylic oxidation sites excluding steroid dienone is 1. The van der Waals surface area contributed by atoms with Crippen molar-refractivity contribution in [1.82, 2.24) is 10.6 Å².